The molecule has 0 spiro atoms. The van der Waals surface area contributed by atoms with Crippen molar-refractivity contribution in [1.29, 1.82) is 5.26 Å². The van der Waals surface area contributed by atoms with Crippen LogP contribution in [0.2, 0.25) is 0 Å². The van der Waals surface area contributed by atoms with Gasteiger partial charge in [0.2, 0.25) is 0 Å². The van der Waals surface area contributed by atoms with Crippen molar-refractivity contribution >= 4 is 11.3 Å². The summed E-state index contributed by atoms with van der Waals surface area (Å²) in [5, 5.41) is 11.4. The maximum Gasteiger partial charge on any atom is 0.0960 e. The highest BCUT2D eigenvalue weighted by molar-refractivity contribution is 7.10. The lowest BCUT2D eigenvalue weighted by atomic mass is 9.79. The standard InChI is InChI=1S/C11H13NOS/c1-9-2-7-14-10(9)11(8-12)3-5-13-6-4-11/h2,7H,3-6H2,1H3. The monoisotopic (exact) mass is 207 g/mol. The zero-order valence-electron chi connectivity index (χ0n) is 8.25. The third-order valence-electron chi connectivity index (χ3n) is 2.86. The highest BCUT2D eigenvalue weighted by Gasteiger charge is 2.36. The van der Waals surface area contributed by atoms with Gasteiger partial charge < -0.3 is 4.74 Å². The first kappa shape index (κ1) is 9.70. The van der Waals surface area contributed by atoms with Crippen LogP contribution in [0.25, 0.3) is 0 Å². The summed E-state index contributed by atoms with van der Waals surface area (Å²) in [4.78, 5) is 1.24. The highest BCUT2D eigenvalue weighted by Crippen LogP contribution is 2.38. The number of hydrogen-bond donors (Lipinski definition) is 0. The van der Waals surface area contributed by atoms with E-state index in [-0.39, 0.29) is 5.41 Å². The fraction of sp³-hybridized carbons (Fsp3) is 0.545. The zero-order chi connectivity index (χ0) is 10.0. The number of hydrogen-bond acceptors (Lipinski definition) is 3. The molecule has 14 heavy (non-hydrogen) atoms. The van der Waals surface area contributed by atoms with Gasteiger partial charge in [0.15, 0.2) is 0 Å². The second-order valence-corrected chi connectivity index (χ2v) is 4.66. The van der Waals surface area contributed by atoms with Gasteiger partial charge >= 0.3 is 0 Å². The van der Waals surface area contributed by atoms with E-state index in [4.69, 9.17) is 4.74 Å². The van der Waals surface area contributed by atoms with Crippen molar-refractivity contribution in [2.24, 2.45) is 0 Å². The fourth-order valence-electron chi connectivity index (χ4n) is 1.97. The fourth-order valence-corrected chi connectivity index (χ4v) is 3.11. The van der Waals surface area contributed by atoms with Crippen LogP contribution < -0.4 is 0 Å². The van der Waals surface area contributed by atoms with E-state index in [0.29, 0.717) is 13.2 Å². The van der Waals surface area contributed by atoms with Crippen molar-refractivity contribution in [3.05, 3.63) is 21.9 Å². The topological polar surface area (TPSA) is 33.0 Å². The molecular formula is C11H13NOS. The van der Waals surface area contributed by atoms with Crippen LogP contribution in [0.4, 0.5) is 0 Å². The van der Waals surface area contributed by atoms with Crippen molar-refractivity contribution in [3.8, 4) is 6.07 Å². The minimum Gasteiger partial charge on any atom is -0.381 e. The summed E-state index contributed by atoms with van der Waals surface area (Å²) < 4.78 is 5.32. The number of aryl methyl sites for hydroxylation is 1. The third kappa shape index (κ3) is 1.45. The first-order chi connectivity index (χ1) is 6.78. The normalized spacial score (nSPS) is 20.3. The van der Waals surface area contributed by atoms with Crippen LogP contribution >= 0.6 is 11.3 Å². The van der Waals surface area contributed by atoms with Crippen LogP contribution in [-0.2, 0) is 10.2 Å². The molecule has 1 aliphatic heterocycles. The van der Waals surface area contributed by atoms with E-state index in [2.05, 4.69) is 24.4 Å². The smallest absolute Gasteiger partial charge is 0.0960 e. The SMILES string of the molecule is Cc1ccsc1C1(C#N)CCOCC1. The van der Waals surface area contributed by atoms with Gasteiger partial charge in [-0.25, -0.2) is 0 Å². The summed E-state index contributed by atoms with van der Waals surface area (Å²) in [6.45, 7) is 3.51. The Balaban J connectivity index is 2.38. The minimum atomic E-state index is -0.267. The highest BCUT2D eigenvalue weighted by atomic mass is 32.1. The number of ether oxygens (including phenoxy) is 1. The summed E-state index contributed by atoms with van der Waals surface area (Å²) in [6.07, 6.45) is 1.68. The first-order valence-corrected chi connectivity index (χ1v) is 5.70. The number of nitrogens with zero attached hydrogens (tertiary/aromatic N) is 1. The van der Waals surface area contributed by atoms with Crippen LogP contribution in [0.1, 0.15) is 23.3 Å². The van der Waals surface area contributed by atoms with Gasteiger partial charge in [-0.2, -0.15) is 5.26 Å². The molecule has 2 heterocycles. The Morgan fingerprint density at radius 1 is 1.50 bits per heavy atom. The molecule has 3 heteroatoms. The predicted octanol–water partition coefficient (Wildman–Crippen LogP) is 2.63. The Bertz CT molecular complexity index is 358. The second kappa shape index (κ2) is 3.72. The van der Waals surface area contributed by atoms with E-state index in [0.717, 1.165) is 12.8 Å². The molecule has 0 aliphatic carbocycles. The molecule has 0 radical (unpaired) electrons. The lowest BCUT2D eigenvalue weighted by molar-refractivity contribution is 0.0683. The molecule has 1 aromatic rings. The van der Waals surface area contributed by atoms with Crippen molar-refractivity contribution in [2.75, 3.05) is 13.2 Å². The molecule has 0 saturated carbocycles. The summed E-state index contributed by atoms with van der Waals surface area (Å²) in [5.41, 5.74) is 0.981. The molecule has 2 nitrogen and oxygen atoms in total. The van der Waals surface area contributed by atoms with Gasteiger partial charge in [-0.15, -0.1) is 11.3 Å². The minimum absolute atomic E-state index is 0.267. The molecule has 74 valence electrons. The van der Waals surface area contributed by atoms with Crippen molar-refractivity contribution in [1.82, 2.24) is 0 Å². The van der Waals surface area contributed by atoms with Crippen LogP contribution in [0.3, 0.4) is 0 Å². The first-order valence-electron chi connectivity index (χ1n) is 4.82. The van der Waals surface area contributed by atoms with E-state index in [1.54, 1.807) is 11.3 Å². The summed E-state index contributed by atoms with van der Waals surface area (Å²) in [7, 11) is 0. The Morgan fingerprint density at radius 3 is 2.71 bits per heavy atom. The summed E-state index contributed by atoms with van der Waals surface area (Å²) in [5.74, 6) is 0. The molecule has 2 rings (SSSR count). The van der Waals surface area contributed by atoms with E-state index in [9.17, 15) is 5.26 Å². The second-order valence-electron chi connectivity index (χ2n) is 3.74. The largest absolute Gasteiger partial charge is 0.381 e. The Kier molecular flexibility index (Phi) is 2.58. The number of thiophene rings is 1. The molecule has 0 unspecified atom stereocenters. The van der Waals surface area contributed by atoms with Gasteiger partial charge in [-0.05, 0) is 36.8 Å². The van der Waals surface area contributed by atoms with E-state index in [1.807, 2.05) is 0 Å². The van der Waals surface area contributed by atoms with Crippen molar-refractivity contribution in [2.45, 2.75) is 25.2 Å². The molecule has 1 aromatic heterocycles. The van der Waals surface area contributed by atoms with Gasteiger partial charge in [-0.1, -0.05) is 0 Å². The predicted molar refractivity (Wildman–Crippen MR) is 56.4 cm³/mol. The lowest BCUT2D eigenvalue weighted by Gasteiger charge is -2.30. The average molecular weight is 207 g/mol. The molecule has 1 saturated heterocycles. The van der Waals surface area contributed by atoms with Gasteiger partial charge in [0, 0.05) is 18.1 Å². The Morgan fingerprint density at radius 2 is 2.21 bits per heavy atom. The van der Waals surface area contributed by atoms with E-state index >= 15 is 0 Å². The molecule has 0 N–H and O–H groups in total. The molecule has 1 fully saturated rings. The Hall–Kier alpha value is -0.850. The summed E-state index contributed by atoms with van der Waals surface area (Å²) >= 11 is 1.70. The van der Waals surface area contributed by atoms with Crippen molar-refractivity contribution in [3.63, 3.8) is 0 Å². The van der Waals surface area contributed by atoms with E-state index in [1.165, 1.54) is 10.4 Å². The molecule has 0 atom stereocenters. The Labute approximate surface area is 88.1 Å². The van der Waals surface area contributed by atoms with Crippen LogP contribution in [0, 0.1) is 18.3 Å². The van der Waals surface area contributed by atoms with Crippen LogP contribution in [-0.4, -0.2) is 13.2 Å². The average Bonchev–Trinajstić information content (AvgIpc) is 2.66. The molecule has 0 bridgehead atoms. The molecular weight excluding hydrogens is 194 g/mol. The van der Waals surface area contributed by atoms with Crippen molar-refractivity contribution < 1.29 is 4.74 Å². The van der Waals surface area contributed by atoms with E-state index < -0.39 is 0 Å². The van der Waals surface area contributed by atoms with Gasteiger partial charge in [-0.3, -0.25) is 0 Å². The maximum absolute atomic E-state index is 9.34. The third-order valence-corrected chi connectivity index (χ3v) is 4.08. The molecule has 0 amide bonds. The van der Waals surface area contributed by atoms with Gasteiger partial charge in [0.25, 0.3) is 0 Å². The lowest BCUT2D eigenvalue weighted by Crippen LogP contribution is -2.32. The van der Waals surface area contributed by atoms with Gasteiger partial charge in [0.1, 0.15) is 0 Å². The van der Waals surface area contributed by atoms with Crippen LogP contribution in [0.15, 0.2) is 11.4 Å². The van der Waals surface area contributed by atoms with Gasteiger partial charge in [0.05, 0.1) is 11.5 Å². The zero-order valence-corrected chi connectivity index (χ0v) is 9.06. The maximum atomic E-state index is 9.34. The molecule has 1 aliphatic rings. The number of rotatable bonds is 1. The quantitative estimate of drug-likeness (QED) is 0.709. The number of nitriles is 1. The summed E-state index contributed by atoms with van der Waals surface area (Å²) in [6, 6.07) is 4.58. The van der Waals surface area contributed by atoms with Crippen LogP contribution in [0.5, 0.6) is 0 Å². The molecule has 0 aromatic carbocycles.